The molecule has 0 heterocycles. The minimum atomic E-state index is -1.08. The first kappa shape index (κ1) is 16.2. The van der Waals surface area contributed by atoms with Crippen LogP contribution in [0, 0.1) is 11.8 Å². The van der Waals surface area contributed by atoms with Gasteiger partial charge in [-0.2, -0.15) is 0 Å². The standard InChI is InChI=1S/C15H22N2O3/c1-10(2)8-12(9-16)14(18)17-13(15(19)20)11-6-4-3-5-7-11/h3-7,10,12-13H,8-9,16H2,1-2H3,(H,17,18)(H,19,20)/t12?,13-/m0/s1. The fourth-order valence-electron chi connectivity index (χ4n) is 2.07. The maximum absolute atomic E-state index is 12.1. The van der Waals surface area contributed by atoms with Crippen LogP contribution in [0.3, 0.4) is 0 Å². The minimum Gasteiger partial charge on any atom is -0.479 e. The molecule has 1 rings (SSSR count). The number of hydrogen-bond donors (Lipinski definition) is 3. The molecular weight excluding hydrogens is 256 g/mol. The van der Waals surface area contributed by atoms with Crippen LogP contribution in [0.2, 0.25) is 0 Å². The van der Waals surface area contributed by atoms with Crippen molar-refractivity contribution in [3.8, 4) is 0 Å². The number of amides is 1. The SMILES string of the molecule is CC(C)CC(CN)C(=O)N[C@H](C(=O)O)c1ccccc1. The maximum atomic E-state index is 12.1. The number of rotatable bonds is 7. The van der Waals surface area contributed by atoms with E-state index in [0.717, 1.165) is 0 Å². The second kappa shape index (κ2) is 7.65. The van der Waals surface area contributed by atoms with Gasteiger partial charge in [0.25, 0.3) is 0 Å². The number of carboxylic acid groups (broad SMARTS) is 1. The molecule has 0 aliphatic heterocycles. The number of carboxylic acids is 1. The van der Waals surface area contributed by atoms with Gasteiger partial charge in [-0.25, -0.2) is 4.79 Å². The zero-order valence-corrected chi connectivity index (χ0v) is 11.9. The number of carbonyl (C=O) groups excluding carboxylic acids is 1. The van der Waals surface area contributed by atoms with E-state index in [-0.39, 0.29) is 18.4 Å². The third-order valence-corrected chi connectivity index (χ3v) is 3.08. The number of nitrogens with two attached hydrogens (primary N) is 1. The lowest BCUT2D eigenvalue weighted by molar-refractivity contribution is -0.142. The highest BCUT2D eigenvalue weighted by Crippen LogP contribution is 2.16. The summed E-state index contributed by atoms with van der Waals surface area (Å²) >= 11 is 0. The largest absolute Gasteiger partial charge is 0.479 e. The quantitative estimate of drug-likeness (QED) is 0.705. The van der Waals surface area contributed by atoms with Gasteiger partial charge < -0.3 is 16.2 Å². The molecule has 2 atom stereocenters. The number of aliphatic carboxylic acids is 1. The molecular formula is C15H22N2O3. The van der Waals surface area contributed by atoms with Gasteiger partial charge in [-0.05, 0) is 17.9 Å². The Hall–Kier alpha value is -1.88. The molecule has 20 heavy (non-hydrogen) atoms. The van der Waals surface area contributed by atoms with Gasteiger partial charge in [-0.1, -0.05) is 44.2 Å². The van der Waals surface area contributed by atoms with Crippen LogP contribution in [0.25, 0.3) is 0 Å². The Kier molecular flexibility index (Phi) is 6.18. The Bertz CT molecular complexity index is 446. The van der Waals surface area contributed by atoms with Crippen molar-refractivity contribution in [2.45, 2.75) is 26.3 Å². The van der Waals surface area contributed by atoms with Crippen molar-refractivity contribution in [1.29, 1.82) is 0 Å². The van der Waals surface area contributed by atoms with Gasteiger partial charge in [0.2, 0.25) is 5.91 Å². The summed E-state index contributed by atoms with van der Waals surface area (Å²) in [5, 5.41) is 11.8. The molecule has 0 aromatic heterocycles. The summed E-state index contributed by atoms with van der Waals surface area (Å²) in [6, 6.07) is 7.60. The van der Waals surface area contributed by atoms with E-state index in [0.29, 0.717) is 17.9 Å². The summed E-state index contributed by atoms with van der Waals surface area (Å²) < 4.78 is 0. The van der Waals surface area contributed by atoms with Crippen LogP contribution < -0.4 is 11.1 Å². The Balaban J connectivity index is 2.81. The van der Waals surface area contributed by atoms with Crippen molar-refractivity contribution >= 4 is 11.9 Å². The second-order valence-electron chi connectivity index (χ2n) is 5.25. The number of benzene rings is 1. The molecule has 0 bridgehead atoms. The van der Waals surface area contributed by atoms with E-state index in [9.17, 15) is 14.7 Å². The summed E-state index contributed by atoms with van der Waals surface area (Å²) in [5.74, 6) is -1.42. The predicted molar refractivity (Wildman–Crippen MR) is 77.0 cm³/mol. The number of nitrogens with one attached hydrogen (secondary N) is 1. The molecule has 0 spiro atoms. The lowest BCUT2D eigenvalue weighted by Crippen LogP contribution is -2.40. The van der Waals surface area contributed by atoms with Crippen molar-refractivity contribution in [1.82, 2.24) is 5.32 Å². The minimum absolute atomic E-state index is 0.213. The van der Waals surface area contributed by atoms with Gasteiger partial charge in [-0.3, -0.25) is 4.79 Å². The van der Waals surface area contributed by atoms with Crippen LogP contribution in [0.1, 0.15) is 31.9 Å². The van der Waals surface area contributed by atoms with E-state index in [1.54, 1.807) is 30.3 Å². The highest BCUT2D eigenvalue weighted by atomic mass is 16.4. The van der Waals surface area contributed by atoms with Crippen LogP contribution in [0.15, 0.2) is 30.3 Å². The molecule has 1 aromatic rings. The third kappa shape index (κ3) is 4.66. The van der Waals surface area contributed by atoms with Crippen molar-refractivity contribution in [3.63, 3.8) is 0 Å². The summed E-state index contributed by atoms with van der Waals surface area (Å²) in [4.78, 5) is 23.5. The van der Waals surface area contributed by atoms with Crippen molar-refractivity contribution in [3.05, 3.63) is 35.9 Å². The molecule has 0 fully saturated rings. The molecule has 1 amide bonds. The van der Waals surface area contributed by atoms with Crippen molar-refractivity contribution in [2.75, 3.05) is 6.54 Å². The Labute approximate surface area is 119 Å². The fourth-order valence-corrected chi connectivity index (χ4v) is 2.07. The van der Waals surface area contributed by atoms with E-state index >= 15 is 0 Å². The Morgan fingerprint density at radius 3 is 2.30 bits per heavy atom. The average molecular weight is 278 g/mol. The molecule has 110 valence electrons. The molecule has 4 N–H and O–H groups in total. The highest BCUT2D eigenvalue weighted by molar-refractivity contribution is 5.86. The van der Waals surface area contributed by atoms with Crippen molar-refractivity contribution in [2.24, 2.45) is 17.6 Å². The van der Waals surface area contributed by atoms with Gasteiger partial charge in [0, 0.05) is 6.54 Å². The summed E-state index contributed by atoms with van der Waals surface area (Å²) in [6.45, 7) is 4.22. The molecule has 1 aromatic carbocycles. The molecule has 0 saturated carbocycles. The van der Waals surface area contributed by atoms with Gasteiger partial charge in [0.05, 0.1) is 5.92 Å². The first-order chi connectivity index (χ1) is 9.45. The normalized spacial score (nSPS) is 13.8. The average Bonchev–Trinajstić information content (AvgIpc) is 2.42. The lowest BCUT2D eigenvalue weighted by atomic mass is 9.95. The zero-order chi connectivity index (χ0) is 15.1. The first-order valence-electron chi connectivity index (χ1n) is 6.73. The predicted octanol–water partition coefficient (Wildman–Crippen LogP) is 1.55. The summed E-state index contributed by atoms with van der Waals surface area (Å²) in [6.07, 6.45) is 0.642. The molecule has 0 saturated heterocycles. The number of hydrogen-bond acceptors (Lipinski definition) is 3. The Morgan fingerprint density at radius 2 is 1.85 bits per heavy atom. The topological polar surface area (TPSA) is 92.4 Å². The smallest absolute Gasteiger partial charge is 0.330 e. The zero-order valence-electron chi connectivity index (χ0n) is 11.9. The molecule has 5 nitrogen and oxygen atoms in total. The molecule has 0 radical (unpaired) electrons. The van der Waals surface area contributed by atoms with Gasteiger partial charge in [0.1, 0.15) is 0 Å². The maximum Gasteiger partial charge on any atom is 0.330 e. The van der Waals surface area contributed by atoms with Gasteiger partial charge >= 0.3 is 5.97 Å². The summed E-state index contributed by atoms with van der Waals surface area (Å²) in [5.41, 5.74) is 6.15. The molecule has 0 aliphatic carbocycles. The van der Waals surface area contributed by atoms with E-state index in [4.69, 9.17) is 5.73 Å². The fraction of sp³-hybridized carbons (Fsp3) is 0.467. The molecule has 1 unspecified atom stereocenters. The van der Waals surface area contributed by atoms with Gasteiger partial charge in [-0.15, -0.1) is 0 Å². The van der Waals surface area contributed by atoms with Crippen molar-refractivity contribution < 1.29 is 14.7 Å². The van der Waals surface area contributed by atoms with Crippen LogP contribution >= 0.6 is 0 Å². The Morgan fingerprint density at radius 1 is 1.25 bits per heavy atom. The number of carbonyl (C=O) groups is 2. The monoisotopic (exact) mass is 278 g/mol. The van der Waals surface area contributed by atoms with Crippen LogP contribution in [-0.4, -0.2) is 23.5 Å². The molecule has 0 aliphatic rings. The first-order valence-corrected chi connectivity index (χ1v) is 6.73. The summed E-state index contributed by atoms with van der Waals surface area (Å²) in [7, 11) is 0. The third-order valence-electron chi connectivity index (χ3n) is 3.08. The molecule has 5 heteroatoms. The lowest BCUT2D eigenvalue weighted by Gasteiger charge is -2.20. The van der Waals surface area contributed by atoms with E-state index in [1.165, 1.54) is 0 Å². The second-order valence-corrected chi connectivity index (χ2v) is 5.25. The van der Waals surface area contributed by atoms with E-state index < -0.39 is 12.0 Å². The van der Waals surface area contributed by atoms with E-state index in [2.05, 4.69) is 5.32 Å². The van der Waals surface area contributed by atoms with E-state index in [1.807, 2.05) is 13.8 Å². The van der Waals surface area contributed by atoms with Crippen LogP contribution in [0.4, 0.5) is 0 Å². The van der Waals surface area contributed by atoms with Gasteiger partial charge in [0.15, 0.2) is 6.04 Å². The van der Waals surface area contributed by atoms with Crippen LogP contribution in [-0.2, 0) is 9.59 Å². The highest BCUT2D eigenvalue weighted by Gasteiger charge is 2.26. The van der Waals surface area contributed by atoms with Crippen LogP contribution in [0.5, 0.6) is 0 Å².